The minimum absolute atomic E-state index is 0. The number of imidazole rings is 1. The number of nitrogens with zero attached hydrogens (tertiary/aromatic N) is 2. The van der Waals surface area contributed by atoms with Crippen LogP contribution in [0.25, 0.3) is 44.3 Å². The zero-order valence-electron chi connectivity index (χ0n) is 16.2. The number of nitrogens with one attached hydrogen (secondary N) is 1. The molecule has 1 N–H and O–H groups in total. The number of hydrogen-bond acceptors (Lipinski definition) is 0. The molecule has 0 saturated heterocycles. The van der Waals surface area contributed by atoms with Gasteiger partial charge in [0.1, 0.15) is 5.69 Å². The summed E-state index contributed by atoms with van der Waals surface area (Å²) in [6.45, 7) is 0. The van der Waals surface area contributed by atoms with Gasteiger partial charge >= 0.3 is 0 Å². The van der Waals surface area contributed by atoms with Crippen LogP contribution in [0.4, 0.5) is 0 Å². The maximum Gasteiger partial charge on any atom is 0.254 e. The Hall–Kier alpha value is -2.79. The average molecular weight is 509 g/mol. The summed E-state index contributed by atoms with van der Waals surface area (Å²) >= 11 is 9.89. The fourth-order valence-electron chi connectivity index (χ4n) is 4.22. The van der Waals surface area contributed by atoms with Crippen molar-refractivity contribution >= 4 is 54.9 Å². The minimum Gasteiger partial charge on any atom is -1.00 e. The molecule has 152 valence electrons. The first kappa shape index (κ1) is 20.1. The lowest BCUT2D eigenvalue weighted by Gasteiger charge is -2.03. The largest absolute Gasteiger partial charge is 1.00 e. The van der Waals surface area contributed by atoms with Crippen molar-refractivity contribution in [3.63, 3.8) is 0 Å². The van der Waals surface area contributed by atoms with Crippen molar-refractivity contribution in [1.82, 2.24) is 9.55 Å². The van der Waals surface area contributed by atoms with Crippen LogP contribution in [-0.4, -0.2) is 9.55 Å². The van der Waals surface area contributed by atoms with Crippen molar-refractivity contribution in [1.29, 1.82) is 0 Å². The molecule has 0 atom stereocenters. The van der Waals surface area contributed by atoms with Crippen LogP contribution in [-0.2, 0) is 0 Å². The third-order valence-electron chi connectivity index (χ3n) is 5.55. The molecule has 0 aliphatic carbocycles. The number of para-hydroxylation sites is 1. The molecule has 3 heterocycles. The van der Waals surface area contributed by atoms with Gasteiger partial charge in [0.15, 0.2) is 5.69 Å². The third-order valence-corrected chi connectivity index (χ3v) is 6.32. The molecule has 0 unspecified atom stereocenters. The second-order valence-corrected chi connectivity index (χ2v) is 8.70. The summed E-state index contributed by atoms with van der Waals surface area (Å²) in [4.78, 5) is 3.65. The van der Waals surface area contributed by atoms with E-state index in [1.165, 1.54) is 10.8 Å². The van der Waals surface area contributed by atoms with E-state index in [-0.39, 0.29) is 12.4 Å². The molecule has 31 heavy (non-hydrogen) atoms. The molecule has 0 amide bonds. The number of fused-ring (bicyclic) bond motifs is 5. The van der Waals surface area contributed by atoms with Gasteiger partial charge in [-0.2, -0.15) is 8.97 Å². The number of pyridine rings is 1. The smallest absolute Gasteiger partial charge is 0.254 e. The number of benzene rings is 3. The summed E-state index contributed by atoms with van der Waals surface area (Å²) in [6.07, 6.45) is 4.24. The first-order valence-electron chi connectivity index (χ1n) is 9.67. The first-order chi connectivity index (χ1) is 14.7. The van der Waals surface area contributed by atoms with E-state index in [9.17, 15) is 0 Å². The van der Waals surface area contributed by atoms with Gasteiger partial charge in [0.25, 0.3) is 6.33 Å². The van der Waals surface area contributed by atoms with E-state index in [1.54, 1.807) is 0 Å². The van der Waals surface area contributed by atoms with Crippen molar-refractivity contribution in [2.75, 3.05) is 0 Å². The van der Waals surface area contributed by atoms with Crippen LogP contribution in [0.2, 0.25) is 5.02 Å². The molecule has 3 nitrogen and oxygen atoms in total. The Morgan fingerprint density at radius 3 is 2.48 bits per heavy atom. The number of halogens is 3. The van der Waals surface area contributed by atoms with Crippen LogP contribution < -0.4 is 16.8 Å². The monoisotopic (exact) mass is 507 g/mol. The van der Waals surface area contributed by atoms with Gasteiger partial charge in [-0.1, -0.05) is 51.8 Å². The summed E-state index contributed by atoms with van der Waals surface area (Å²) in [5, 5.41) is 3.16. The summed E-state index contributed by atoms with van der Waals surface area (Å²) in [7, 11) is 0. The molecule has 0 fully saturated rings. The maximum absolute atomic E-state index is 6.33. The lowest BCUT2D eigenvalue weighted by molar-refractivity contribution is -0.510. The average Bonchev–Trinajstić information content (AvgIpc) is 3.33. The molecule has 3 aromatic carbocycles. The Kier molecular flexibility index (Phi) is 5.01. The molecule has 3 aromatic heterocycles. The van der Waals surface area contributed by atoms with Crippen molar-refractivity contribution in [3.8, 4) is 16.9 Å². The van der Waals surface area contributed by atoms with E-state index in [4.69, 9.17) is 11.6 Å². The standard InChI is InChI=1S/C25H16BrClN3.ClH/c26-17-10-8-16(9-11-17)24-25-23-21(20-6-1-2-7-22(20)28-23)12-13-29(25)15-30(24)19-5-3-4-18(27)14-19;/h1-15,28H;1H/q+1;/p-1. The van der Waals surface area contributed by atoms with Crippen LogP contribution in [0.5, 0.6) is 0 Å². The summed E-state index contributed by atoms with van der Waals surface area (Å²) in [5.74, 6) is 0. The second kappa shape index (κ2) is 7.72. The molecular weight excluding hydrogens is 493 g/mol. The Morgan fingerprint density at radius 1 is 0.871 bits per heavy atom. The van der Waals surface area contributed by atoms with E-state index >= 15 is 0 Å². The van der Waals surface area contributed by atoms with Crippen molar-refractivity contribution in [3.05, 3.63) is 101 Å². The lowest BCUT2D eigenvalue weighted by Crippen LogP contribution is -3.00. The van der Waals surface area contributed by atoms with Gasteiger partial charge in [-0.25, -0.2) is 0 Å². The molecule has 0 aliphatic heterocycles. The van der Waals surface area contributed by atoms with Crippen LogP contribution in [0.15, 0.2) is 95.9 Å². The molecule has 6 aromatic rings. The molecular formula is C25H16BrCl2N3. The van der Waals surface area contributed by atoms with Crippen molar-refractivity contribution in [2.45, 2.75) is 0 Å². The number of hydrogen-bond donors (Lipinski definition) is 1. The van der Waals surface area contributed by atoms with Crippen molar-refractivity contribution in [2.24, 2.45) is 0 Å². The maximum atomic E-state index is 6.33. The van der Waals surface area contributed by atoms with E-state index < -0.39 is 0 Å². The molecule has 0 radical (unpaired) electrons. The SMILES string of the molecule is Clc1cccc(-n2c[n+]3ccc4c5ccccc5[nH]c4c3c2-c2ccc(Br)cc2)c1.[Cl-]. The number of H-pyrrole nitrogens is 1. The van der Waals surface area contributed by atoms with Gasteiger partial charge in [0.05, 0.1) is 11.7 Å². The van der Waals surface area contributed by atoms with Gasteiger partial charge in [-0.15, -0.1) is 0 Å². The second-order valence-electron chi connectivity index (χ2n) is 7.35. The van der Waals surface area contributed by atoms with Gasteiger partial charge < -0.3 is 17.4 Å². The van der Waals surface area contributed by atoms with Gasteiger partial charge in [-0.05, 0) is 48.5 Å². The Balaban J connectivity index is 0.00000204. The van der Waals surface area contributed by atoms with E-state index in [1.807, 2.05) is 18.2 Å². The predicted molar refractivity (Wildman–Crippen MR) is 126 cm³/mol. The van der Waals surface area contributed by atoms with Crippen molar-refractivity contribution < 1.29 is 16.8 Å². The number of aromatic nitrogens is 3. The van der Waals surface area contributed by atoms with E-state index in [0.29, 0.717) is 5.02 Å². The summed E-state index contributed by atoms with van der Waals surface area (Å²) in [5.41, 5.74) is 6.66. The summed E-state index contributed by atoms with van der Waals surface area (Å²) < 4.78 is 5.44. The first-order valence-corrected chi connectivity index (χ1v) is 10.8. The fourth-order valence-corrected chi connectivity index (χ4v) is 4.67. The fraction of sp³-hybridized carbons (Fsp3) is 0. The van der Waals surface area contributed by atoms with E-state index in [0.717, 1.165) is 38.0 Å². The zero-order chi connectivity index (χ0) is 20.2. The van der Waals surface area contributed by atoms with Crippen LogP contribution in [0, 0.1) is 0 Å². The highest BCUT2D eigenvalue weighted by atomic mass is 79.9. The summed E-state index contributed by atoms with van der Waals surface area (Å²) in [6, 6.07) is 27.0. The van der Waals surface area contributed by atoms with Gasteiger partial charge in [-0.3, -0.25) is 0 Å². The minimum atomic E-state index is 0. The quantitative estimate of drug-likeness (QED) is 0.343. The highest BCUT2D eigenvalue weighted by molar-refractivity contribution is 9.10. The number of rotatable bonds is 2. The topological polar surface area (TPSA) is 24.8 Å². The zero-order valence-corrected chi connectivity index (χ0v) is 19.3. The lowest BCUT2D eigenvalue weighted by atomic mass is 10.1. The molecule has 0 aliphatic rings. The highest BCUT2D eigenvalue weighted by Gasteiger charge is 2.25. The highest BCUT2D eigenvalue weighted by Crippen LogP contribution is 2.34. The van der Waals surface area contributed by atoms with Gasteiger partial charge in [0.2, 0.25) is 5.52 Å². The normalized spacial score (nSPS) is 11.3. The van der Waals surface area contributed by atoms with Crippen LogP contribution in [0.3, 0.4) is 0 Å². The van der Waals surface area contributed by atoms with Crippen LogP contribution >= 0.6 is 27.5 Å². The Morgan fingerprint density at radius 2 is 1.68 bits per heavy atom. The Bertz CT molecular complexity index is 1570. The predicted octanol–water partition coefficient (Wildman–Crippen LogP) is 3.94. The van der Waals surface area contributed by atoms with Gasteiger partial charge in [0, 0.05) is 37.4 Å². The molecule has 0 bridgehead atoms. The molecule has 0 spiro atoms. The molecule has 6 heteroatoms. The third kappa shape index (κ3) is 3.23. The molecule has 0 saturated carbocycles. The van der Waals surface area contributed by atoms with Crippen LogP contribution in [0.1, 0.15) is 0 Å². The number of aromatic amines is 1. The van der Waals surface area contributed by atoms with E-state index in [2.05, 4.69) is 103 Å². The Labute approximate surface area is 198 Å². The molecule has 6 rings (SSSR count).